The number of hydrogen-bond acceptors (Lipinski definition) is 3. The van der Waals surface area contributed by atoms with Crippen molar-refractivity contribution in [1.29, 1.82) is 0 Å². The van der Waals surface area contributed by atoms with Gasteiger partial charge in [-0.2, -0.15) is 0 Å². The molecule has 4 rings (SSSR count). The fraction of sp³-hybridized carbons (Fsp3) is 0.320. The zero-order valence-corrected chi connectivity index (χ0v) is 16.7. The van der Waals surface area contributed by atoms with Gasteiger partial charge in [-0.05, 0) is 72.2 Å². The maximum Gasteiger partial charge on any atom is 0.126 e. The van der Waals surface area contributed by atoms with Gasteiger partial charge >= 0.3 is 0 Å². The summed E-state index contributed by atoms with van der Waals surface area (Å²) < 4.78 is 14.0. The molecule has 0 amide bonds. The molecule has 3 aromatic rings. The Morgan fingerprint density at radius 3 is 2.41 bits per heavy atom. The van der Waals surface area contributed by atoms with E-state index in [0.29, 0.717) is 5.92 Å². The number of nitrogens with zero attached hydrogens (tertiary/aromatic N) is 1. The van der Waals surface area contributed by atoms with Crippen LogP contribution in [0.2, 0.25) is 0 Å². The minimum atomic E-state index is -0.0422. The Kier molecular flexibility index (Phi) is 6.65. The highest BCUT2D eigenvalue weighted by molar-refractivity contribution is 5.31. The smallest absolute Gasteiger partial charge is 0.126 e. The van der Waals surface area contributed by atoms with Crippen LogP contribution in [0, 0.1) is 11.7 Å². The first-order chi connectivity index (χ1) is 14.3. The molecule has 3 nitrogen and oxygen atoms in total. The molecule has 1 aliphatic carbocycles. The summed E-state index contributed by atoms with van der Waals surface area (Å²) in [5.74, 6) is 0.467. The Morgan fingerprint density at radius 1 is 0.862 bits per heavy atom. The summed E-state index contributed by atoms with van der Waals surface area (Å²) >= 11 is 0. The van der Waals surface area contributed by atoms with Gasteiger partial charge in [-0.15, -0.1) is 0 Å². The molecule has 1 aliphatic rings. The molecule has 0 radical (unpaired) electrons. The second kappa shape index (κ2) is 9.77. The summed E-state index contributed by atoms with van der Waals surface area (Å²) in [7, 11) is 0. The van der Waals surface area contributed by atoms with E-state index in [1.807, 2.05) is 30.5 Å². The summed E-state index contributed by atoms with van der Waals surface area (Å²) in [6.07, 6.45) is 4.78. The number of pyridine rings is 1. The monoisotopic (exact) mass is 389 g/mol. The fourth-order valence-electron chi connectivity index (χ4n) is 4.02. The van der Waals surface area contributed by atoms with E-state index in [4.69, 9.17) is 0 Å². The lowest BCUT2D eigenvalue weighted by atomic mass is 9.83. The van der Waals surface area contributed by atoms with Crippen LogP contribution in [0.1, 0.15) is 34.4 Å². The third-order valence-corrected chi connectivity index (χ3v) is 5.68. The predicted molar refractivity (Wildman–Crippen MR) is 115 cm³/mol. The highest BCUT2D eigenvalue weighted by Crippen LogP contribution is 2.27. The number of benzene rings is 2. The summed E-state index contributed by atoms with van der Waals surface area (Å²) in [6, 6.07) is 20.2. The Morgan fingerprint density at radius 2 is 1.66 bits per heavy atom. The molecule has 0 saturated carbocycles. The average Bonchev–Trinajstić information content (AvgIpc) is 2.76. The summed E-state index contributed by atoms with van der Waals surface area (Å²) in [4.78, 5) is 4.32. The van der Waals surface area contributed by atoms with E-state index in [0.717, 1.165) is 56.7 Å². The summed E-state index contributed by atoms with van der Waals surface area (Å²) in [5.41, 5.74) is 5.71. The molecule has 0 aliphatic heterocycles. The van der Waals surface area contributed by atoms with Crippen LogP contribution < -0.4 is 10.6 Å². The van der Waals surface area contributed by atoms with Gasteiger partial charge in [0.25, 0.3) is 0 Å². The number of aromatic nitrogens is 1. The highest BCUT2D eigenvalue weighted by atomic mass is 19.1. The van der Waals surface area contributed by atoms with Gasteiger partial charge in [-0.3, -0.25) is 4.98 Å². The van der Waals surface area contributed by atoms with E-state index in [-0.39, 0.29) is 5.82 Å². The van der Waals surface area contributed by atoms with Crippen molar-refractivity contribution in [3.8, 4) is 0 Å². The van der Waals surface area contributed by atoms with E-state index in [9.17, 15) is 4.39 Å². The lowest BCUT2D eigenvalue weighted by Crippen LogP contribution is -2.27. The molecular formula is C25H28FN3. The van der Waals surface area contributed by atoms with Gasteiger partial charge in [0.05, 0.1) is 5.69 Å². The average molecular weight is 390 g/mol. The molecule has 2 N–H and O–H groups in total. The van der Waals surface area contributed by atoms with Gasteiger partial charge < -0.3 is 10.6 Å². The van der Waals surface area contributed by atoms with Crippen LogP contribution in [0.3, 0.4) is 0 Å². The molecule has 1 unspecified atom stereocenters. The molecule has 1 atom stereocenters. The number of fused-ring (bicyclic) bond motifs is 1. The normalized spacial score (nSPS) is 15.8. The standard InChI is InChI=1S/C25H28FN3/c26-25-6-3-4-22-12-11-21(14-24(22)25)17-27-15-19-7-9-20(10-8-19)16-28-18-23-5-1-2-13-29-23/h1-10,13,21,27-28H,11-12,14-18H2. The number of nitrogens with one attached hydrogen (secondary N) is 2. The van der Waals surface area contributed by atoms with E-state index in [2.05, 4.69) is 45.9 Å². The van der Waals surface area contributed by atoms with Crippen LogP contribution in [0.5, 0.6) is 0 Å². The van der Waals surface area contributed by atoms with Crippen molar-refractivity contribution >= 4 is 0 Å². The van der Waals surface area contributed by atoms with Crippen LogP contribution in [0.15, 0.2) is 66.9 Å². The van der Waals surface area contributed by atoms with Crippen LogP contribution >= 0.6 is 0 Å². The number of rotatable bonds is 8. The minimum Gasteiger partial charge on any atom is -0.312 e. The zero-order valence-electron chi connectivity index (χ0n) is 16.7. The Labute approximate surface area is 172 Å². The Balaban J connectivity index is 1.19. The van der Waals surface area contributed by atoms with Gasteiger partial charge in [0.1, 0.15) is 5.82 Å². The van der Waals surface area contributed by atoms with E-state index in [1.165, 1.54) is 16.7 Å². The van der Waals surface area contributed by atoms with Crippen molar-refractivity contribution in [2.75, 3.05) is 6.54 Å². The molecule has 1 heterocycles. The largest absolute Gasteiger partial charge is 0.312 e. The third-order valence-electron chi connectivity index (χ3n) is 5.68. The second-order valence-corrected chi connectivity index (χ2v) is 7.86. The first kappa shape index (κ1) is 19.7. The van der Waals surface area contributed by atoms with Crippen molar-refractivity contribution in [2.24, 2.45) is 5.92 Å². The first-order valence-corrected chi connectivity index (χ1v) is 10.4. The summed E-state index contributed by atoms with van der Waals surface area (Å²) in [5, 5.41) is 6.99. The van der Waals surface area contributed by atoms with E-state index >= 15 is 0 Å². The molecule has 0 spiro atoms. The van der Waals surface area contributed by atoms with E-state index < -0.39 is 0 Å². The molecule has 0 fully saturated rings. The molecule has 4 heteroatoms. The van der Waals surface area contributed by atoms with Crippen molar-refractivity contribution < 1.29 is 4.39 Å². The van der Waals surface area contributed by atoms with Crippen LogP contribution in [0.25, 0.3) is 0 Å². The van der Waals surface area contributed by atoms with Gasteiger partial charge in [-0.25, -0.2) is 4.39 Å². The highest BCUT2D eigenvalue weighted by Gasteiger charge is 2.20. The van der Waals surface area contributed by atoms with Gasteiger partial charge in [0.2, 0.25) is 0 Å². The number of aryl methyl sites for hydroxylation is 1. The maximum absolute atomic E-state index is 14.0. The van der Waals surface area contributed by atoms with Gasteiger partial charge in [0.15, 0.2) is 0 Å². The lowest BCUT2D eigenvalue weighted by molar-refractivity contribution is 0.413. The Bertz CT molecular complexity index is 909. The zero-order chi connectivity index (χ0) is 19.9. The van der Waals surface area contributed by atoms with Crippen molar-refractivity contribution in [1.82, 2.24) is 15.6 Å². The predicted octanol–water partition coefficient (Wildman–Crippen LogP) is 4.41. The molecule has 29 heavy (non-hydrogen) atoms. The Hall–Kier alpha value is -2.56. The SMILES string of the molecule is Fc1cccc2c1CC(CNCc1ccc(CNCc3ccccn3)cc1)CC2. The van der Waals surface area contributed by atoms with Crippen LogP contribution in [0.4, 0.5) is 4.39 Å². The molecule has 1 aromatic heterocycles. The van der Waals surface area contributed by atoms with E-state index in [1.54, 1.807) is 6.07 Å². The van der Waals surface area contributed by atoms with Crippen molar-refractivity contribution in [3.05, 3.63) is 101 Å². The number of hydrogen-bond donors (Lipinski definition) is 2. The minimum absolute atomic E-state index is 0.0422. The molecular weight excluding hydrogens is 361 g/mol. The second-order valence-electron chi connectivity index (χ2n) is 7.86. The molecule has 0 saturated heterocycles. The quantitative estimate of drug-likeness (QED) is 0.599. The fourth-order valence-corrected chi connectivity index (χ4v) is 4.02. The first-order valence-electron chi connectivity index (χ1n) is 10.4. The van der Waals surface area contributed by atoms with Crippen molar-refractivity contribution in [2.45, 2.75) is 38.9 Å². The third kappa shape index (κ3) is 5.49. The molecule has 2 aromatic carbocycles. The summed E-state index contributed by atoms with van der Waals surface area (Å²) in [6.45, 7) is 3.38. The van der Waals surface area contributed by atoms with Crippen LogP contribution in [-0.4, -0.2) is 11.5 Å². The lowest BCUT2D eigenvalue weighted by Gasteiger charge is -2.25. The number of halogens is 1. The van der Waals surface area contributed by atoms with Crippen LogP contribution in [-0.2, 0) is 32.5 Å². The maximum atomic E-state index is 14.0. The van der Waals surface area contributed by atoms with Gasteiger partial charge in [-0.1, -0.05) is 42.5 Å². The topological polar surface area (TPSA) is 37.0 Å². The molecule has 150 valence electrons. The van der Waals surface area contributed by atoms with Gasteiger partial charge in [0, 0.05) is 25.8 Å². The van der Waals surface area contributed by atoms with Crippen molar-refractivity contribution in [3.63, 3.8) is 0 Å². The molecule has 0 bridgehead atoms.